The van der Waals surface area contributed by atoms with E-state index < -0.39 is 10.8 Å². The third-order valence-electron chi connectivity index (χ3n) is 2.64. The fraction of sp³-hybridized carbons (Fsp3) is 0.500. The van der Waals surface area contributed by atoms with Crippen molar-refractivity contribution in [3.05, 3.63) is 35.4 Å². The van der Waals surface area contributed by atoms with Crippen LogP contribution in [0.25, 0.3) is 0 Å². The molecule has 1 unspecified atom stereocenters. The highest BCUT2D eigenvalue weighted by molar-refractivity contribution is 7.85. The predicted octanol–water partition coefficient (Wildman–Crippen LogP) is 3.12. The topological polar surface area (TPSA) is 34.1 Å². The molecule has 0 radical (unpaired) electrons. The number of benzene rings is 1. The van der Waals surface area contributed by atoms with Crippen molar-refractivity contribution >= 4 is 16.6 Å². The molecule has 0 N–H and O–H groups in total. The Morgan fingerprint density at radius 2 is 1.82 bits per heavy atom. The van der Waals surface area contributed by atoms with Gasteiger partial charge >= 0.3 is 0 Å². The Balaban J connectivity index is 2.43. The van der Waals surface area contributed by atoms with Crippen LogP contribution in [0.4, 0.5) is 0 Å². The first-order valence-corrected chi connectivity index (χ1v) is 7.57. The maximum Gasteiger partial charge on any atom is 0.175 e. The highest BCUT2D eigenvalue weighted by Gasteiger charge is 2.09. The minimum Gasteiger partial charge on any atom is -0.293 e. The van der Waals surface area contributed by atoms with Crippen molar-refractivity contribution in [1.82, 2.24) is 0 Å². The third kappa shape index (κ3) is 5.26. The second-order valence-electron chi connectivity index (χ2n) is 4.28. The molecule has 1 rings (SSSR count). The molecule has 1 atom stereocenters. The molecule has 0 aliphatic carbocycles. The van der Waals surface area contributed by atoms with E-state index in [4.69, 9.17) is 0 Å². The number of ketones is 1. The summed E-state index contributed by atoms with van der Waals surface area (Å²) in [6.07, 6.45) is 3.15. The SMILES string of the molecule is CCCCCS(=O)CC(=O)c1ccc(C)cc1. The number of Topliss-reactive ketones (excluding diaryl/α,β-unsaturated/α-hetero) is 1. The molecule has 0 aliphatic rings. The van der Waals surface area contributed by atoms with Gasteiger partial charge < -0.3 is 0 Å². The molecule has 17 heavy (non-hydrogen) atoms. The lowest BCUT2D eigenvalue weighted by molar-refractivity contribution is 0.102. The van der Waals surface area contributed by atoms with Crippen LogP contribution >= 0.6 is 0 Å². The van der Waals surface area contributed by atoms with Crippen molar-refractivity contribution in [2.75, 3.05) is 11.5 Å². The summed E-state index contributed by atoms with van der Waals surface area (Å²) in [5.41, 5.74) is 1.80. The molecular formula is C14H20O2S. The second-order valence-corrected chi connectivity index (χ2v) is 5.86. The molecule has 94 valence electrons. The molecule has 0 spiro atoms. The van der Waals surface area contributed by atoms with E-state index in [0.29, 0.717) is 11.3 Å². The molecule has 0 bridgehead atoms. The van der Waals surface area contributed by atoms with E-state index in [1.54, 1.807) is 12.1 Å². The fourth-order valence-corrected chi connectivity index (χ4v) is 2.68. The van der Waals surface area contributed by atoms with Crippen LogP contribution in [-0.2, 0) is 10.8 Å². The first-order chi connectivity index (χ1) is 8.13. The lowest BCUT2D eigenvalue weighted by Crippen LogP contribution is -2.13. The monoisotopic (exact) mass is 252 g/mol. The van der Waals surface area contributed by atoms with Crippen LogP contribution in [0.1, 0.15) is 42.1 Å². The first kappa shape index (κ1) is 14.1. The highest BCUT2D eigenvalue weighted by Crippen LogP contribution is 2.06. The summed E-state index contributed by atoms with van der Waals surface area (Å²) < 4.78 is 11.7. The molecule has 0 fully saturated rings. The van der Waals surface area contributed by atoms with Crippen LogP contribution in [0.15, 0.2) is 24.3 Å². The zero-order chi connectivity index (χ0) is 12.7. The molecule has 0 amide bonds. The molecule has 0 saturated carbocycles. The minimum atomic E-state index is -1.01. The van der Waals surface area contributed by atoms with Gasteiger partial charge in [0.05, 0.1) is 5.75 Å². The Bertz CT molecular complexity index is 382. The van der Waals surface area contributed by atoms with Crippen molar-refractivity contribution in [2.45, 2.75) is 33.1 Å². The maximum atomic E-state index is 11.8. The largest absolute Gasteiger partial charge is 0.293 e. The van der Waals surface area contributed by atoms with Crippen molar-refractivity contribution in [3.8, 4) is 0 Å². The van der Waals surface area contributed by atoms with Gasteiger partial charge in [-0.1, -0.05) is 49.6 Å². The zero-order valence-corrected chi connectivity index (χ0v) is 11.4. The lowest BCUT2D eigenvalue weighted by Gasteiger charge is -2.02. The van der Waals surface area contributed by atoms with Crippen LogP contribution in [0, 0.1) is 6.92 Å². The molecule has 0 heterocycles. The summed E-state index contributed by atoms with van der Waals surface area (Å²) in [5, 5.41) is 0. The average molecular weight is 252 g/mol. The normalized spacial score (nSPS) is 12.4. The van der Waals surface area contributed by atoms with Crippen LogP contribution in [0.3, 0.4) is 0 Å². The van der Waals surface area contributed by atoms with E-state index in [2.05, 4.69) is 6.92 Å². The highest BCUT2D eigenvalue weighted by atomic mass is 32.2. The molecule has 2 nitrogen and oxygen atoms in total. The van der Waals surface area contributed by atoms with Crippen LogP contribution in [-0.4, -0.2) is 21.5 Å². The number of hydrogen-bond acceptors (Lipinski definition) is 2. The van der Waals surface area contributed by atoms with Gasteiger partial charge in [0.2, 0.25) is 0 Å². The van der Waals surface area contributed by atoms with Gasteiger partial charge in [-0.3, -0.25) is 9.00 Å². The van der Waals surface area contributed by atoms with Crippen molar-refractivity contribution in [2.24, 2.45) is 0 Å². The Kier molecular flexibility index (Phi) is 6.12. The van der Waals surface area contributed by atoms with Crippen molar-refractivity contribution in [3.63, 3.8) is 0 Å². The van der Waals surface area contributed by atoms with E-state index in [-0.39, 0.29) is 11.5 Å². The Morgan fingerprint density at radius 1 is 1.18 bits per heavy atom. The number of carbonyl (C=O) groups excluding carboxylic acids is 1. The summed E-state index contributed by atoms with van der Waals surface area (Å²) >= 11 is 0. The number of hydrogen-bond donors (Lipinski definition) is 0. The van der Waals surface area contributed by atoms with E-state index >= 15 is 0 Å². The third-order valence-corrected chi connectivity index (χ3v) is 3.97. The molecule has 0 aliphatic heterocycles. The fourth-order valence-electron chi connectivity index (χ4n) is 1.55. The van der Waals surface area contributed by atoms with E-state index in [9.17, 15) is 9.00 Å². The van der Waals surface area contributed by atoms with Crippen LogP contribution < -0.4 is 0 Å². The van der Waals surface area contributed by atoms with E-state index in [1.807, 2.05) is 19.1 Å². The summed E-state index contributed by atoms with van der Waals surface area (Å²) in [6.45, 7) is 4.09. The van der Waals surface area contributed by atoms with Gasteiger partial charge in [0.15, 0.2) is 5.78 Å². The van der Waals surface area contributed by atoms with Crippen LogP contribution in [0.5, 0.6) is 0 Å². The molecule has 0 saturated heterocycles. The van der Waals surface area contributed by atoms with Gasteiger partial charge in [0, 0.05) is 22.1 Å². The van der Waals surface area contributed by atoms with Gasteiger partial charge in [-0.2, -0.15) is 0 Å². The maximum absolute atomic E-state index is 11.8. The van der Waals surface area contributed by atoms with Gasteiger partial charge in [-0.05, 0) is 13.3 Å². The Hall–Kier alpha value is -0.960. The lowest BCUT2D eigenvalue weighted by atomic mass is 10.1. The zero-order valence-electron chi connectivity index (χ0n) is 10.6. The summed E-state index contributed by atoms with van der Waals surface area (Å²) in [4.78, 5) is 11.8. The predicted molar refractivity (Wildman–Crippen MR) is 72.9 cm³/mol. The Labute approximate surface area is 106 Å². The number of aryl methyl sites for hydroxylation is 1. The summed E-state index contributed by atoms with van der Waals surface area (Å²) in [5.74, 6) is 0.790. The minimum absolute atomic E-state index is 0.0140. The quantitative estimate of drug-likeness (QED) is 0.552. The average Bonchev–Trinajstić information content (AvgIpc) is 2.30. The molecular weight excluding hydrogens is 232 g/mol. The number of rotatable bonds is 7. The van der Waals surface area contributed by atoms with Gasteiger partial charge in [-0.25, -0.2) is 0 Å². The van der Waals surface area contributed by atoms with Crippen LogP contribution in [0.2, 0.25) is 0 Å². The van der Waals surface area contributed by atoms with Crippen molar-refractivity contribution < 1.29 is 9.00 Å². The Morgan fingerprint density at radius 3 is 2.41 bits per heavy atom. The van der Waals surface area contributed by atoms with Gasteiger partial charge in [-0.15, -0.1) is 0 Å². The smallest absolute Gasteiger partial charge is 0.175 e. The summed E-state index contributed by atoms with van der Waals surface area (Å²) in [7, 11) is -1.01. The number of unbranched alkanes of at least 4 members (excludes halogenated alkanes) is 2. The molecule has 1 aromatic carbocycles. The summed E-state index contributed by atoms with van der Waals surface area (Å²) in [6, 6.07) is 7.43. The second kappa shape index (κ2) is 7.38. The van der Waals surface area contributed by atoms with E-state index in [1.165, 1.54) is 0 Å². The van der Waals surface area contributed by atoms with E-state index in [0.717, 1.165) is 24.8 Å². The molecule has 3 heteroatoms. The number of carbonyl (C=O) groups is 1. The molecule has 0 aromatic heterocycles. The van der Waals surface area contributed by atoms with Crippen molar-refractivity contribution in [1.29, 1.82) is 0 Å². The first-order valence-electron chi connectivity index (χ1n) is 6.08. The molecule has 1 aromatic rings. The van der Waals surface area contributed by atoms with Gasteiger partial charge in [0.1, 0.15) is 0 Å². The standard InChI is InChI=1S/C14H20O2S/c1-3-4-5-10-17(16)11-14(15)13-8-6-12(2)7-9-13/h6-9H,3-5,10-11H2,1-2H3. The van der Waals surface area contributed by atoms with Gasteiger partial charge in [0.25, 0.3) is 0 Å².